The molecule has 0 radical (unpaired) electrons. The van der Waals surface area contributed by atoms with Gasteiger partial charge in [-0.3, -0.25) is 14.7 Å². The Labute approximate surface area is 215 Å². The number of hydrogen-bond acceptors (Lipinski definition) is 7. The maximum atomic E-state index is 12.4. The number of methoxy groups -OCH3 is 1. The lowest BCUT2D eigenvalue weighted by atomic mass is 10.1. The molecule has 1 atom stereocenters. The molecule has 0 bridgehead atoms. The standard InChI is InChI=1S/C28H31N7O2/c1-18(34-9-11-35(12-10-34)28(36)19-3-4-19)20-7-8-30-22(13-20)15-26-32-23-6-5-21(14-24(23)33-26)27-25(37-2)16-29-17-31-27/h5-8,13-14,16-19H,3-4,9-12,15H2,1-2H3,(H,32,33). The lowest BCUT2D eigenvalue weighted by molar-refractivity contribution is -0.134. The van der Waals surface area contributed by atoms with Crippen molar-refractivity contribution in [1.29, 1.82) is 0 Å². The Morgan fingerprint density at radius 3 is 2.76 bits per heavy atom. The molecule has 6 rings (SSSR count). The smallest absolute Gasteiger partial charge is 0.225 e. The van der Waals surface area contributed by atoms with Crippen LogP contribution in [0.5, 0.6) is 5.75 Å². The minimum atomic E-state index is 0.265. The molecule has 0 spiro atoms. The third-order valence-electron chi connectivity index (χ3n) is 7.47. The maximum Gasteiger partial charge on any atom is 0.225 e. The van der Waals surface area contributed by atoms with Crippen molar-refractivity contribution < 1.29 is 9.53 Å². The molecule has 4 aromatic rings. The van der Waals surface area contributed by atoms with E-state index in [1.807, 2.05) is 29.3 Å². The zero-order valence-corrected chi connectivity index (χ0v) is 21.2. The van der Waals surface area contributed by atoms with E-state index in [0.29, 0.717) is 24.0 Å². The molecule has 190 valence electrons. The third kappa shape index (κ3) is 4.91. The fourth-order valence-corrected chi connectivity index (χ4v) is 5.13. The molecule has 9 heteroatoms. The van der Waals surface area contributed by atoms with Crippen molar-refractivity contribution in [2.75, 3.05) is 33.3 Å². The van der Waals surface area contributed by atoms with Crippen LogP contribution in [0.25, 0.3) is 22.3 Å². The van der Waals surface area contributed by atoms with Crippen LogP contribution in [0, 0.1) is 5.92 Å². The number of fused-ring (bicyclic) bond motifs is 1. The quantitative estimate of drug-likeness (QED) is 0.416. The molecule has 1 N–H and O–H groups in total. The minimum absolute atomic E-state index is 0.265. The monoisotopic (exact) mass is 497 g/mol. The van der Waals surface area contributed by atoms with Crippen LogP contribution in [0.1, 0.15) is 42.9 Å². The van der Waals surface area contributed by atoms with Gasteiger partial charge in [-0.2, -0.15) is 0 Å². The van der Waals surface area contributed by atoms with Gasteiger partial charge in [0, 0.05) is 62.0 Å². The fourth-order valence-electron chi connectivity index (χ4n) is 5.13. The molecule has 1 aliphatic heterocycles. The second-order valence-corrected chi connectivity index (χ2v) is 9.92. The predicted molar refractivity (Wildman–Crippen MR) is 140 cm³/mol. The van der Waals surface area contributed by atoms with E-state index in [-0.39, 0.29) is 6.04 Å². The Morgan fingerprint density at radius 2 is 1.97 bits per heavy atom. The Morgan fingerprint density at radius 1 is 1.14 bits per heavy atom. The molecule has 1 amide bonds. The summed E-state index contributed by atoms with van der Waals surface area (Å²) in [5.74, 6) is 2.15. The molecule has 1 saturated heterocycles. The zero-order valence-electron chi connectivity index (χ0n) is 21.2. The van der Waals surface area contributed by atoms with Gasteiger partial charge in [0.1, 0.15) is 17.8 Å². The maximum absolute atomic E-state index is 12.4. The van der Waals surface area contributed by atoms with Crippen LogP contribution in [0.2, 0.25) is 0 Å². The molecule has 37 heavy (non-hydrogen) atoms. The number of rotatable bonds is 7. The summed E-state index contributed by atoms with van der Waals surface area (Å²) in [4.78, 5) is 38.2. The van der Waals surface area contributed by atoms with Crippen LogP contribution in [0.4, 0.5) is 0 Å². The third-order valence-corrected chi connectivity index (χ3v) is 7.47. The number of aromatic amines is 1. The number of ether oxygens (including phenoxy) is 1. The van der Waals surface area contributed by atoms with Crippen LogP contribution < -0.4 is 4.74 Å². The number of imidazole rings is 1. The first-order chi connectivity index (χ1) is 18.1. The molecule has 2 aliphatic rings. The molecular weight excluding hydrogens is 466 g/mol. The number of carbonyl (C=O) groups excluding carboxylic acids is 1. The Bertz CT molecular complexity index is 1420. The summed E-state index contributed by atoms with van der Waals surface area (Å²) in [7, 11) is 1.62. The summed E-state index contributed by atoms with van der Waals surface area (Å²) in [6.45, 7) is 5.68. The number of hydrogen-bond donors (Lipinski definition) is 1. The Hall–Kier alpha value is -3.85. The van der Waals surface area contributed by atoms with Gasteiger partial charge in [-0.1, -0.05) is 6.07 Å². The highest BCUT2D eigenvalue weighted by Gasteiger charge is 2.35. The number of piperazine rings is 1. The summed E-state index contributed by atoms with van der Waals surface area (Å²) < 4.78 is 5.42. The van der Waals surface area contributed by atoms with Crippen LogP contribution in [-0.2, 0) is 11.2 Å². The number of amides is 1. The molecule has 3 aromatic heterocycles. The highest BCUT2D eigenvalue weighted by atomic mass is 16.5. The summed E-state index contributed by atoms with van der Waals surface area (Å²) in [5.41, 5.74) is 5.74. The molecule has 1 unspecified atom stereocenters. The van der Waals surface area contributed by atoms with Gasteiger partial charge in [0.25, 0.3) is 0 Å². The van der Waals surface area contributed by atoms with E-state index in [2.05, 4.69) is 43.9 Å². The van der Waals surface area contributed by atoms with E-state index in [4.69, 9.17) is 9.72 Å². The Balaban J connectivity index is 1.15. The number of carbonyl (C=O) groups is 1. The molecule has 1 saturated carbocycles. The number of benzene rings is 1. The molecule has 4 heterocycles. The van der Waals surface area contributed by atoms with Crippen LogP contribution in [0.15, 0.2) is 49.1 Å². The first-order valence-electron chi connectivity index (χ1n) is 12.9. The van der Waals surface area contributed by atoms with Gasteiger partial charge in [0.05, 0.1) is 24.3 Å². The van der Waals surface area contributed by atoms with E-state index in [1.54, 1.807) is 13.3 Å². The summed E-state index contributed by atoms with van der Waals surface area (Å²) in [6, 6.07) is 10.6. The lowest BCUT2D eigenvalue weighted by Gasteiger charge is -2.38. The van der Waals surface area contributed by atoms with E-state index in [1.165, 1.54) is 11.9 Å². The number of aromatic nitrogens is 5. The molecule has 1 aliphatic carbocycles. The molecule has 1 aromatic carbocycles. The topological polar surface area (TPSA) is 100 Å². The van der Waals surface area contributed by atoms with E-state index in [9.17, 15) is 4.79 Å². The summed E-state index contributed by atoms with van der Waals surface area (Å²) in [5, 5.41) is 0. The number of pyridine rings is 1. The van der Waals surface area contributed by atoms with Crippen molar-refractivity contribution in [2.24, 2.45) is 5.92 Å². The van der Waals surface area contributed by atoms with Crippen LogP contribution >= 0.6 is 0 Å². The predicted octanol–water partition coefficient (Wildman–Crippen LogP) is 3.63. The summed E-state index contributed by atoms with van der Waals surface area (Å²) >= 11 is 0. The lowest BCUT2D eigenvalue weighted by Crippen LogP contribution is -2.49. The number of H-pyrrole nitrogens is 1. The van der Waals surface area contributed by atoms with Gasteiger partial charge in [0.2, 0.25) is 5.91 Å². The second kappa shape index (κ2) is 9.89. The first kappa shape index (κ1) is 23.5. The Kier molecular flexibility index (Phi) is 6.30. The highest BCUT2D eigenvalue weighted by molar-refractivity contribution is 5.82. The largest absolute Gasteiger partial charge is 0.493 e. The molecule has 2 fully saturated rings. The van der Waals surface area contributed by atoms with Crippen molar-refractivity contribution in [1.82, 2.24) is 34.7 Å². The zero-order chi connectivity index (χ0) is 25.4. The van der Waals surface area contributed by atoms with Crippen molar-refractivity contribution in [3.8, 4) is 17.0 Å². The van der Waals surface area contributed by atoms with Crippen LogP contribution in [0.3, 0.4) is 0 Å². The average Bonchev–Trinajstić information content (AvgIpc) is 3.72. The van der Waals surface area contributed by atoms with E-state index < -0.39 is 0 Å². The number of nitrogens with zero attached hydrogens (tertiary/aromatic N) is 6. The SMILES string of the molecule is COc1cncnc1-c1ccc2nc(Cc3cc(C(C)N4CCN(C(=O)C5CC5)CC4)ccn3)[nH]c2c1. The first-order valence-corrected chi connectivity index (χ1v) is 12.9. The van der Waals surface area contributed by atoms with Gasteiger partial charge < -0.3 is 14.6 Å². The molecule has 9 nitrogen and oxygen atoms in total. The van der Waals surface area contributed by atoms with Gasteiger partial charge in [-0.15, -0.1) is 0 Å². The van der Waals surface area contributed by atoms with Gasteiger partial charge in [0.15, 0.2) is 5.75 Å². The van der Waals surface area contributed by atoms with E-state index >= 15 is 0 Å². The van der Waals surface area contributed by atoms with Crippen molar-refractivity contribution in [3.63, 3.8) is 0 Å². The van der Waals surface area contributed by atoms with Gasteiger partial charge >= 0.3 is 0 Å². The average molecular weight is 498 g/mol. The van der Waals surface area contributed by atoms with Gasteiger partial charge in [-0.05, 0) is 49.6 Å². The van der Waals surface area contributed by atoms with Crippen LogP contribution in [-0.4, -0.2) is 73.9 Å². The van der Waals surface area contributed by atoms with Crippen molar-refractivity contribution in [2.45, 2.75) is 32.2 Å². The van der Waals surface area contributed by atoms with Crippen molar-refractivity contribution >= 4 is 16.9 Å². The minimum Gasteiger partial charge on any atom is -0.493 e. The normalized spacial score (nSPS) is 17.2. The molecular formula is C28H31N7O2. The fraction of sp³-hybridized carbons (Fsp3) is 0.393. The van der Waals surface area contributed by atoms with Gasteiger partial charge in [-0.25, -0.2) is 15.0 Å². The van der Waals surface area contributed by atoms with Crippen molar-refractivity contribution in [3.05, 3.63) is 66.1 Å². The summed E-state index contributed by atoms with van der Waals surface area (Å²) in [6.07, 6.45) is 7.82. The second-order valence-electron chi connectivity index (χ2n) is 9.92. The number of nitrogens with one attached hydrogen (secondary N) is 1. The van der Waals surface area contributed by atoms with E-state index in [0.717, 1.165) is 72.8 Å². The highest BCUT2D eigenvalue weighted by Crippen LogP contribution is 2.32.